The summed E-state index contributed by atoms with van der Waals surface area (Å²) in [6.45, 7) is 5.09. The first kappa shape index (κ1) is 18.9. The van der Waals surface area contributed by atoms with E-state index in [0.717, 1.165) is 16.8 Å². The number of ether oxygens (including phenoxy) is 1. The second-order valence-corrected chi connectivity index (χ2v) is 6.88. The lowest BCUT2D eigenvalue weighted by molar-refractivity contribution is 0.0512. The van der Waals surface area contributed by atoms with Gasteiger partial charge in [0.2, 0.25) is 5.76 Å². The molecule has 0 spiro atoms. The van der Waals surface area contributed by atoms with Crippen LogP contribution in [0.3, 0.4) is 0 Å². The maximum atomic E-state index is 12.8. The molecular weight excluding hydrogens is 372 g/mol. The highest BCUT2D eigenvalue weighted by molar-refractivity contribution is 5.93. The zero-order valence-electron chi connectivity index (χ0n) is 16.4. The third-order valence-electron chi connectivity index (χ3n) is 5.00. The summed E-state index contributed by atoms with van der Waals surface area (Å²) in [7, 11) is 0. The van der Waals surface area contributed by atoms with Crippen molar-refractivity contribution in [1.82, 2.24) is 19.7 Å². The summed E-state index contributed by atoms with van der Waals surface area (Å²) in [6.07, 6.45) is 1.85. The van der Waals surface area contributed by atoms with E-state index in [1.807, 2.05) is 35.0 Å². The highest BCUT2D eigenvalue weighted by atomic mass is 16.5. The van der Waals surface area contributed by atoms with E-state index in [4.69, 9.17) is 9.15 Å². The van der Waals surface area contributed by atoms with E-state index >= 15 is 0 Å². The highest BCUT2D eigenvalue weighted by Crippen LogP contribution is 2.26. The molecule has 3 heterocycles. The highest BCUT2D eigenvalue weighted by Gasteiger charge is 2.32. The van der Waals surface area contributed by atoms with E-state index in [1.165, 1.54) is 6.39 Å². The molecule has 0 aliphatic carbocycles. The van der Waals surface area contributed by atoms with Crippen LogP contribution in [-0.4, -0.2) is 44.7 Å². The van der Waals surface area contributed by atoms with Gasteiger partial charge in [-0.05, 0) is 19.4 Å². The number of amides is 1. The molecule has 0 fully saturated rings. The number of oxazole rings is 1. The number of fused-ring (bicyclic) bond motifs is 1. The molecule has 8 nitrogen and oxygen atoms in total. The summed E-state index contributed by atoms with van der Waals surface area (Å²) in [6, 6.07) is 9.93. The molecule has 1 amide bonds. The molecule has 150 valence electrons. The smallest absolute Gasteiger partial charge is 0.359 e. The molecular formula is C21H22N4O4. The van der Waals surface area contributed by atoms with Gasteiger partial charge in [-0.3, -0.25) is 9.48 Å². The summed E-state index contributed by atoms with van der Waals surface area (Å²) < 4.78 is 12.3. The number of hydrogen-bond acceptors (Lipinski definition) is 6. The van der Waals surface area contributed by atoms with E-state index in [-0.39, 0.29) is 30.5 Å². The lowest BCUT2D eigenvalue weighted by atomic mass is 10.0. The number of carbonyl (C=O) groups is 2. The van der Waals surface area contributed by atoms with E-state index in [1.54, 1.807) is 18.7 Å². The molecule has 0 radical (unpaired) electrons. The van der Waals surface area contributed by atoms with Gasteiger partial charge < -0.3 is 14.1 Å². The number of rotatable bonds is 5. The van der Waals surface area contributed by atoms with Crippen molar-refractivity contribution in [3.8, 4) is 0 Å². The van der Waals surface area contributed by atoms with Crippen molar-refractivity contribution in [3.05, 3.63) is 70.7 Å². The van der Waals surface area contributed by atoms with Crippen molar-refractivity contribution >= 4 is 11.9 Å². The second-order valence-electron chi connectivity index (χ2n) is 6.88. The molecule has 29 heavy (non-hydrogen) atoms. The Balaban J connectivity index is 1.67. The zero-order valence-corrected chi connectivity index (χ0v) is 16.4. The third-order valence-corrected chi connectivity index (χ3v) is 5.00. The molecule has 1 aliphatic rings. The van der Waals surface area contributed by atoms with Gasteiger partial charge >= 0.3 is 5.97 Å². The predicted molar refractivity (Wildman–Crippen MR) is 103 cm³/mol. The van der Waals surface area contributed by atoms with Crippen molar-refractivity contribution < 1.29 is 18.7 Å². The molecule has 0 saturated carbocycles. The molecule has 2 aromatic heterocycles. The van der Waals surface area contributed by atoms with E-state index in [2.05, 4.69) is 10.1 Å². The van der Waals surface area contributed by atoms with Crippen LogP contribution >= 0.6 is 0 Å². The Labute approximate surface area is 168 Å². The van der Waals surface area contributed by atoms with Crippen LogP contribution < -0.4 is 0 Å². The van der Waals surface area contributed by atoms with Crippen LogP contribution in [-0.2, 0) is 24.2 Å². The summed E-state index contributed by atoms with van der Waals surface area (Å²) in [4.78, 5) is 31.0. The number of hydrogen-bond donors (Lipinski definition) is 0. The Morgan fingerprint density at radius 3 is 2.72 bits per heavy atom. The molecule has 0 N–H and O–H groups in total. The van der Waals surface area contributed by atoms with Gasteiger partial charge in [0.05, 0.1) is 25.4 Å². The number of aromatic nitrogens is 3. The largest absolute Gasteiger partial charge is 0.461 e. The van der Waals surface area contributed by atoms with Crippen molar-refractivity contribution in [1.29, 1.82) is 0 Å². The first-order valence-corrected chi connectivity index (χ1v) is 9.57. The summed E-state index contributed by atoms with van der Waals surface area (Å²) in [5.74, 6) is -0.486. The van der Waals surface area contributed by atoms with Crippen molar-refractivity contribution in [2.75, 3.05) is 13.2 Å². The summed E-state index contributed by atoms with van der Waals surface area (Å²) >= 11 is 0. The fraction of sp³-hybridized carbons (Fsp3) is 0.333. The van der Waals surface area contributed by atoms with Gasteiger partial charge in [0.25, 0.3) is 5.91 Å². The molecule has 0 saturated heterocycles. The van der Waals surface area contributed by atoms with Gasteiger partial charge in [0.15, 0.2) is 12.1 Å². The first-order chi connectivity index (χ1) is 14.1. The molecule has 0 bridgehead atoms. The number of esters is 1. The standard InChI is InChI=1S/C21H22N4O4/c1-3-28-21(27)18-16-12-24(20(26)19-14(2)22-13-29-19)10-9-17(16)25(23-18)11-15-7-5-4-6-8-15/h4-8,13H,3,9-12H2,1-2H3. The molecule has 1 aromatic carbocycles. The Hall–Kier alpha value is -3.42. The zero-order chi connectivity index (χ0) is 20.4. The second kappa shape index (κ2) is 7.90. The first-order valence-electron chi connectivity index (χ1n) is 9.57. The lowest BCUT2D eigenvalue weighted by Crippen LogP contribution is -2.37. The Kier molecular flexibility index (Phi) is 5.16. The Morgan fingerprint density at radius 2 is 2.03 bits per heavy atom. The van der Waals surface area contributed by atoms with E-state index < -0.39 is 5.97 Å². The van der Waals surface area contributed by atoms with E-state index in [0.29, 0.717) is 25.2 Å². The van der Waals surface area contributed by atoms with Crippen LogP contribution in [0.5, 0.6) is 0 Å². The maximum Gasteiger partial charge on any atom is 0.359 e. The van der Waals surface area contributed by atoms with Gasteiger partial charge in [-0.2, -0.15) is 5.10 Å². The van der Waals surface area contributed by atoms with Crippen LogP contribution in [0.15, 0.2) is 41.1 Å². The number of benzene rings is 1. The average Bonchev–Trinajstić information content (AvgIpc) is 3.32. The van der Waals surface area contributed by atoms with Gasteiger partial charge in [0, 0.05) is 24.2 Å². The summed E-state index contributed by atoms with van der Waals surface area (Å²) in [5, 5.41) is 4.55. The molecule has 0 unspecified atom stereocenters. The van der Waals surface area contributed by atoms with E-state index in [9.17, 15) is 9.59 Å². The van der Waals surface area contributed by atoms with Crippen LogP contribution in [0.25, 0.3) is 0 Å². The summed E-state index contributed by atoms with van der Waals surface area (Å²) in [5.41, 5.74) is 3.59. The van der Waals surface area contributed by atoms with Crippen LogP contribution in [0.1, 0.15) is 50.5 Å². The number of carbonyl (C=O) groups excluding carboxylic acids is 2. The average molecular weight is 394 g/mol. The maximum absolute atomic E-state index is 12.8. The fourth-order valence-corrected chi connectivity index (χ4v) is 3.57. The SMILES string of the molecule is CCOC(=O)c1nn(Cc2ccccc2)c2c1CN(C(=O)c1ocnc1C)CC2. The molecule has 3 aromatic rings. The molecule has 1 aliphatic heterocycles. The molecule has 8 heteroatoms. The minimum absolute atomic E-state index is 0.225. The van der Waals surface area contributed by atoms with Gasteiger partial charge in [-0.25, -0.2) is 9.78 Å². The number of nitrogens with zero attached hydrogens (tertiary/aromatic N) is 4. The number of aryl methyl sites for hydroxylation is 1. The molecule has 4 rings (SSSR count). The monoisotopic (exact) mass is 394 g/mol. The normalized spacial score (nSPS) is 13.2. The Morgan fingerprint density at radius 1 is 1.24 bits per heavy atom. The van der Waals surface area contributed by atoms with Crippen molar-refractivity contribution in [3.63, 3.8) is 0 Å². The fourth-order valence-electron chi connectivity index (χ4n) is 3.57. The van der Waals surface area contributed by atoms with Crippen LogP contribution in [0, 0.1) is 6.92 Å². The van der Waals surface area contributed by atoms with Crippen LogP contribution in [0.2, 0.25) is 0 Å². The lowest BCUT2D eigenvalue weighted by Gasteiger charge is -2.27. The van der Waals surface area contributed by atoms with Crippen molar-refractivity contribution in [2.45, 2.75) is 33.4 Å². The van der Waals surface area contributed by atoms with Gasteiger partial charge in [-0.15, -0.1) is 0 Å². The minimum atomic E-state index is -0.472. The third kappa shape index (κ3) is 3.65. The van der Waals surface area contributed by atoms with Gasteiger partial charge in [-0.1, -0.05) is 30.3 Å². The molecule has 0 atom stereocenters. The van der Waals surface area contributed by atoms with Crippen molar-refractivity contribution in [2.24, 2.45) is 0 Å². The minimum Gasteiger partial charge on any atom is -0.461 e. The van der Waals surface area contributed by atoms with Crippen LogP contribution in [0.4, 0.5) is 0 Å². The topological polar surface area (TPSA) is 90.5 Å². The Bertz CT molecular complexity index is 1040. The predicted octanol–water partition coefficient (Wildman–Crippen LogP) is 2.60. The van der Waals surface area contributed by atoms with Gasteiger partial charge in [0.1, 0.15) is 0 Å². The quantitative estimate of drug-likeness (QED) is 0.618.